The van der Waals surface area contributed by atoms with Crippen molar-refractivity contribution in [1.82, 2.24) is 0 Å². The lowest BCUT2D eigenvalue weighted by Crippen LogP contribution is -2.58. The van der Waals surface area contributed by atoms with Crippen molar-refractivity contribution in [3.05, 3.63) is 35.9 Å². The van der Waals surface area contributed by atoms with Crippen LogP contribution in [0.1, 0.15) is 23.7 Å². The van der Waals surface area contributed by atoms with E-state index in [-0.39, 0.29) is 18.0 Å². The lowest BCUT2D eigenvalue weighted by molar-refractivity contribution is -0.785. The van der Waals surface area contributed by atoms with Crippen LogP contribution in [0.2, 0.25) is 0 Å². The van der Waals surface area contributed by atoms with Crippen LogP contribution < -0.4 is 0 Å². The molecule has 1 aliphatic rings. The third kappa shape index (κ3) is 1.91. The maximum atomic E-state index is 12.5. The van der Waals surface area contributed by atoms with Crippen molar-refractivity contribution in [2.75, 3.05) is 6.54 Å². The van der Waals surface area contributed by atoms with E-state index in [0.717, 1.165) is 0 Å². The molecular weight excluding hydrogens is 254 g/mol. The topological polar surface area (TPSA) is 54.4 Å². The SMILES string of the molecule is C[C@@H]1C[C@@H](Cl)C[N@+]1(C(=O)O)C(=O)c1ccccc1. The summed E-state index contributed by atoms with van der Waals surface area (Å²) in [4.78, 5) is 24.1. The van der Waals surface area contributed by atoms with E-state index in [4.69, 9.17) is 11.6 Å². The summed E-state index contributed by atoms with van der Waals surface area (Å²) in [6, 6.07) is 8.21. The lowest BCUT2D eigenvalue weighted by Gasteiger charge is -2.29. The molecule has 0 aromatic heterocycles. The van der Waals surface area contributed by atoms with Gasteiger partial charge in [0.1, 0.15) is 12.6 Å². The molecule has 18 heavy (non-hydrogen) atoms. The van der Waals surface area contributed by atoms with Gasteiger partial charge in [0.25, 0.3) is 0 Å². The number of likely N-dealkylation sites (tertiary alicyclic amines) is 1. The van der Waals surface area contributed by atoms with Crippen molar-refractivity contribution in [3.63, 3.8) is 0 Å². The predicted octanol–water partition coefficient (Wildman–Crippen LogP) is 2.72. The van der Waals surface area contributed by atoms with Gasteiger partial charge in [-0.15, -0.1) is 11.6 Å². The van der Waals surface area contributed by atoms with Crippen molar-refractivity contribution in [2.45, 2.75) is 24.8 Å². The van der Waals surface area contributed by atoms with Gasteiger partial charge in [-0.1, -0.05) is 18.2 Å². The number of amides is 2. The Kier molecular flexibility index (Phi) is 3.41. The minimum atomic E-state index is -1.13. The van der Waals surface area contributed by atoms with Gasteiger partial charge < -0.3 is 5.11 Å². The monoisotopic (exact) mass is 268 g/mol. The Morgan fingerprint density at radius 2 is 1.94 bits per heavy atom. The molecule has 3 atom stereocenters. The summed E-state index contributed by atoms with van der Waals surface area (Å²) in [7, 11) is 0. The minimum absolute atomic E-state index is 0.145. The highest BCUT2D eigenvalue weighted by molar-refractivity contribution is 6.21. The minimum Gasteiger partial charge on any atom is -0.435 e. The highest BCUT2D eigenvalue weighted by atomic mass is 35.5. The number of rotatable bonds is 1. The van der Waals surface area contributed by atoms with E-state index < -0.39 is 16.5 Å². The second-order valence-electron chi connectivity index (χ2n) is 4.69. The summed E-state index contributed by atoms with van der Waals surface area (Å²) in [6.45, 7) is 1.91. The van der Waals surface area contributed by atoms with Crippen LogP contribution in [0.5, 0.6) is 0 Å². The quantitative estimate of drug-likeness (QED) is 0.629. The molecule has 1 aliphatic heterocycles. The Morgan fingerprint density at radius 1 is 1.33 bits per heavy atom. The fourth-order valence-corrected chi connectivity index (χ4v) is 3.04. The maximum absolute atomic E-state index is 12.5. The largest absolute Gasteiger partial charge is 0.521 e. The van der Waals surface area contributed by atoms with Crippen LogP contribution in [0.3, 0.4) is 0 Å². The van der Waals surface area contributed by atoms with Gasteiger partial charge in [0, 0.05) is 6.42 Å². The van der Waals surface area contributed by atoms with E-state index in [1.165, 1.54) is 0 Å². The first-order valence-corrected chi connectivity index (χ1v) is 6.27. The van der Waals surface area contributed by atoms with E-state index in [9.17, 15) is 14.7 Å². The Balaban J connectivity index is 2.44. The molecule has 0 unspecified atom stereocenters. The molecule has 0 bridgehead atoms. The molecule has 1 aromatic rings. The van der Waals surface area contributed by atoms with E-state index in [2.05, 4.69) is 0 Å². The highest BCUT2D eigenvalue weighted by Gasteiger charge is 2.56. The number of nitrogens with zero attached hydrogens (tertiary/aromatic N) is 1. The Labute approximate surface area is 110 Å². The van der Waals surface area contributed by atoms with Crippen LogP contribution in [-0.2, 0) is 0 Å². The van der Waals surface area contributed by atoms with Crippen LogP contribution >= 0.6 is 11.6 Å². The third-order valence-electron chi connectivity index (χ3n) is 3.56. The summed E-state index contributed by atoms with van der Waals surface area (Å²) in [5, 5.41) is 9.20. The first-order chi connectivity index (χ1) is 8.48. The van der Waals surface area contributed by atoms with Crippen molar-refractivity contribution in [3.8, 4) is 0 Å². The number of alkyl halides is 1. The number of carbonyl (C=O) groups is 2. The first kappa shape index (κ1) is 13.1. The average Bonchev–Trinajstić information content (AvgIpc) is 2.65. The molecule has 1 saturated heterocycles. The van der Waals surface area contributed by atoms with Crippen LogP contribution in [0.15, 0.2) is 30.3 Å². The smallest absolute Gasteiger partial charge is 0.435 e. The molecule has 1 N–H and O–H groups in total. The van der Waals surface area contributed by atoms with Crippen molar-refractivity contribution < 1.29 is 19.2 Å². The lowest BCUT2D eigenvalue weighted by atomic mass is 10.1. The Bertz CT molecular complexity index is 476. The molecule has 4 nitrogen and oxygen atoms in total. The van der Waals surface area contributed by atoms with E-state index in [0.29, 0.717) is 12.0 Å². The highest BCUT2D eigenvalue weighted by Crippen LogP contribution is 2.32. The predicted molar refractivity (Wildman–Crippen MR) is 67.6 cm³/mol. The number of carbonyl (C=O) groups excluding carboxylic acids is 1. The van der Waals surface area contributed by atoms with E-state index >= 15 is 0 Å². The average molecular weight is 269 g/mol. The van der Waals surface area contributed by atoms with Gasteiger partial charge in [-0.2, -0.15) is 9.28 Å². The van der Waals surface area contributed by atoms with Gasteiger partial charge >= 0.3 is 12.0 Å². The zero-order chi connectivity index (χ0) is 13.3. The molecule has 1 aromatic carbocycles. The van der Waals surface area contributed by atoms with Crippen LogP contribution in [0.25, 0.3) is 0 Å². The summed E-state index contributed by atoms with van der Waals surface area (Å²) >= 11 is 6.04. The van der Waals surface area contributed by atoms with E-state index in [1.54, 1.807) is 37.3 Å². The Hall–Kier alpha value is -1.39. The normalized spacial score (nSPS) is 31.2. The third-order valence-corrected chi connectivity index (χ3v) is 3.88. The fourth-order valence-electron chi connectivity index (χ4n) is 2.56. The number of benzene rings is 1. The number of halogens is 1. The molecule has 96 valence electrons. The molecule has 0 saturated carbocycles. The van der Waals surface area contributed by atoms with Gasteiger partial charge in [-0.05, 0) is 19.1 Å². The summed E-state index contributed by atoms with van der Waals surface area (Å²) < 4.78 is -0.599. The van der Waals surface area contributed by atoms with Crippen LogP contribution in [0, 0.1) is 0 Å². The molecule has 1 fully saturated rings. The maximum Gasteiger partial charge on any atom is 0.521 e. The number of carboxylic acid groups (broad SMARTS) is 1. The van der Waals surface area contributed by atoms with Gasteiger partial charge in [0.2, 0.25) is 0 Å². The van der Waals surface area contributed by atoms with Gasteiger partial charge in [-0.3, -0.25) is 0 Å². The van der Waals surface area contributed by atoms with Crippen molar-refractivity contribution in [1.29, 1.82) is 0 Å². The molecule has 0 aliphatic carbocycles. The fraction of sp³-hybridized carbons (Fsp3) is 0.385. The molecule has 5 heteroatoms. The first-order valence-electron chi connectivity index (χ1n) is 5.83. The van der Waals surface area contributed by atoms with Gasteiger partial charge in [-0.25, -0.2) is 4.79 Å². The molecule has 1 heterocycles. The molecule has 0 spiro atoms. The van der Waals surface area contributed by atoms with Crippen molar-refractivity contribution >= 4 is 23.6 Å². The van der Waals surface area contributed by atoms with Crippen LogP contribution in [0.4, 0.5) is 4.79 Å². The second kappa shape index (κ2) is 4.71. The number of imide groups is 1. The van der Waals surface area contributed by atoms with Crippen molar-refractivity contribution in [2.24, 2.45) is 0 Å². The summed E-state index contributed by atoms with van der Waals surface area (Å²) in [5.74, 6) is -0.390. The molecule has 2 rings (SSSR count). The van der Waals surface area contributed by atoms with Gasteiger partial charge in [0.05, 0.1) is 10.9 Å². The zero-order valence-corrected chi connectivity index (χ0v) is 10.8. The summed E-state index contributed by atoms with van der Waals surface area (Å²) in [6.07, 6.45) is -0.591. The van der Waals surface area contributed by atoms with E-state index in [1.807, 2.05) is 0 Å². The standard InChI is InChI=1S/C13H14ClNO3/c1-9-7-11(14)8-15(9,13(17)18)12(16)10-5-3-2-4-6-10/h2-6,9,11H,7-8H2,1H3/p+1/t9-,11-,15-/m1/s1. The number of hydrogen-bond acceptors (Lipinski definition) is 2. The van der Waals surface area contributed by atoms with Gasteiger partial charge in [0.15, 0.2) is 0 Å². The number of quaternary nitrogens is 1. The molecular formula is C13H15ClNO3+. The van der Waals surface area contributed by atoms with Crippen LogP contribution in [-0.4, -0.2) is 39.6 Å². The second-order valence-corrected chi connectivity index (χ2v) is 5.30. The molecule has 0 radical (unpaired) electrons. The zero-order valence-electron chi connectivity index (χ0n) is 10.0. The summed E-state index contributed by atoms with van der Waals surface area (Å²) in [5.41, 5.74) is 0.414. The Morgan fingerprint density at radius 3 is 2.39 bits per heavy atom. The molecule has 2 amide bonds. The number of hydrogen-bond donors (Lipinski definition) is 1.